The highest BCUT2D eigenvalue weighted by Gasteiger charge is 2.30. The highest BCUT2D eigenvalue weighted by Crippen LogP contribution is 2.20. The van der Waals surface area contributed by atoms with Crippen molar-refractivity contribution in [1.82, 2.24) is 15.1 Å². The van der Waals surface area contributed by atoms with Crippen LogP contribution in [0.25, 0.3) is 0 Å². The number of hydrogen-bond acceptors (Lipinski definition) is 4. The third kappa shape index (κ3) is 6.52. The van der Waals surface area contributed by atoms with Crippen LogP contribution in [0.2, 0.25) is 0 Å². The summed E-state index contributed by atoms with van der Waals surface area (Å²) in [7, 11) is 0. The van der Waals surface area contributed by atoms with Gasteiger partial charge in [0.25, 0.3) is 0 Å². The normalized spacial score (nSPS) is 27.7. The molecule has 0 spiro atoms. The molecule has 2 unspecified atom stereocenters. The Balaban J connectivity index is 0.00000225. The fraction of sp³-hybridized carbons (Fsp3) is 0.944. The van der Waals surface area contributed by atoms with Crippen molar-refractivity contribution in [2.45, 2.75) is 51.2 Å². The molecular formula is C18H35IN4O2. The lowest BCUT2D eigenvalue weighted by Crippen LogP contribution is -2.42. The van der Waals surface area contributed by atoms with Gasteiger partial charge in [0.1, 0.15) is 0 Å². The fourth-order valence-electron chi connectivity index (χ4n) is 3.97. The summed E-state index contributed by atoms with van der Waals surface area (Å²) in [6.07, 6.45) is 6.61. The number of hydrogen-bond donors (Lipinski definition) is 1. The summed E-state index contributed by atoms with van der Waals surface area (Å²) in [6, 6.07) is 0.715. The molecule has 0 amide bonds. The molecule has 0 bridgehead atoms. The number of guanidine groups is 1. The zero-order valence-electron chi connectivity index (χ0n) is 15.6. The van der Waals surface area contributed by atoms with Crippen LogP contribution in [0.3, 0.4) is 0 Å². The van der Waals surface area contributed by atoms with E-state index >= 15 is 0 Å². The van der Waals surface area contributed by atoms with Gasteiger partial charge in [-0.05, 0) is 52.1 Å². The van der Waals surface area contributed by atoms with Crippen molar-refractivity contribution in [3.8, 4) is 0 Å². The van der Waals surface area contributed by atoms with Crippen molar-refractivity contribution in [3.05, 3.63) is 0 Å². The average molecular weight is 466 g/mol. The Bertz CT molecular complexity index is 399. The Labute approximate surface area is 169 Å². The summed E-state index contributed by atoms with van der Waals surface area (Å²) >= 11 is 0. The van der Waals surface area contributed by atoms with E-state index in [0.29, 0.717) is 25.4 Å². The molecule has 0 aromatic heterocycles. The molecule has 0 aromatic rings. The molecule has 3 rings (SSSR count). The highest BCUT2D eigenvalue weighted by atomic mass is 127. The second-order valence-corrected chi connectivity index (χ2v) is 7.08. The zero-order chi connectivity index (χ0) is 16.6. The summed E-state index contributed by atoms with van der Waals surface area (Å²) in [5.41, 5.74) is 0. The maximum Gasteiger partial charge on any atom is 0.194 e. The molecule has 1 N–H and O–H groups in total. The van der Waals surface area contributed by atoms with Gasteiger partial charge in [0, 0.05) is 32.3 Å². The summed E-state index contributed by atoms with van der Waals surface area (Å²) in [5, 5.41) is 3.44. The van der Waals surface area contributed by atoms with E-state index in [0.717, 1.165) is 45.2 Å². The van der Waals surface area contributed by atoms with Crippen LogP contribution >= 0.6 is 24.0 Å². The first kappa shape index (κ1) is 21.2. The molecule has 3 heterocycles. The maximum absolute atomic E-state index is 5.72. The van der Waals surface area contributed by atoms with Crippen LogP contribution in [0.1, 0.15) is 39.0 Å². The van der Waals surface area contributed by atoms with Crippen molar-refractivity contribution in [3.63, 3.8) is 0 Å². The average Bonchev–Trinajstić information content (AvgIpc) is 3.34. The molecule has 7 heteroatoms. The van der Waals surface area contributed by atoms with Gasteiger partial charge >= 0.3 is 0 Å². The number of halogens is 1. The zero-order valence-corrected chi connectivity index (χ0v) is 18.0. The Kier molecular flexibility index (Phi) is 9.80. The summed E-state index contributed by atoms with van der Waals surface area (Å²) in [6.45, 7) is 10.9. The SMILES string of the molecule is CCNC(=NCCOCC1CCCO1)N1CCC(N2CCCC2)C1.I. The van der Waals surface area contributed by atoms with Crippen LogP contribution < -0.4 is 5.32 Å². The second kappa shape index (κ2) is 11.6. The lowest BCUT2D eigenvalue weighted by molar-refractivity contribution is 0.0199. The molecule has 0 aliphatic carbocycles. The van der Waals surface area contributed by atoms with Crippen LogP contribution in [-0.4, -0.2) is 87.0 Å². The maximum atomic E-state index is 5.72. The van der Waals surface area contributed by atoms with Crippen molar-refractivity contribution in [2.24, 2.45) is 4.99 Å². The summed E-state index contributed by atoms with van der Waals surface area (Å²) in [5.74, 6) is 1.06. The van der Waals surface area contributed by atoms with E-state index in [9.17, 15) is 0 Å². The minimum atomic E-state index is 0. The molecular weight excluding hydrogens is 431 g/mol. The Morgan fingerprint density at radius 2 is 2.04 bits per heavy atom. The Morgan fingerprint density at radius 3 is 2.76 bits per heavy atom. The Hall–Kier alpha value is -0.120. The smallest absolute Gasteiger partial charge is 0.194 e. The summed E-state index contributed by atoms with van der Waals surface area (Å²) in [4.78, 5) is 9.85. The van der Waals surface area contributed by atoms with Crippen molar-refractivity contribution in [2.75, 3.05) is 59.1 Å². The number of aliphatic imine (C=N–C) groups is 1. The first-order valence-corrected chi connectivity index (χ1v) is 9.83. The molecule has 3 fully saturated rings. The van der Waals surface area contributed by atoms with Gasteiger partial charge in [0.15, 0.2) is 5.96 Å². The van der Waals surface area contributed by atoms with Gasteiger partial charge in [0.05, 0.1) is 25.9 Å². The van der Waals surface area contributed by atoms with E-state index in [2.05, 4.69) is 22.0 Å². The first-order chi connectivity index (χ1) is 11.9. The standard InChI is InChI=1S/C18H34N4O2.HI/c1-2-19-18(20-8-13-23-15-17-6-5-12-24-17)22-11-7-16(14-22)21-9-3-4-10-21;/h16-17H,2-15H2,1H3,(H,19,20);1H. The van der Waals surface area contributed by atoms with Crippen molar-refractivity contribution in [1.29, 1.82) is 0 Å². The van der Waals surface area contributed by atoms with E-state index in [4.69, 9.17) is 14.5 Å². The third-order valence-electron chi connectivity index (χ3n) is 5.28. The van der Waals surface area contributed by atoms with E-state index in [1.165, 1.54) is 38.8 Å². The molecule has 146 valence electrons. The monoisotopic (exact) mass is 466 g/mol. The van der Waals surface area contributed by atoms with Crippen LogP contribution in [0.15, 0.2) is 4.99 Å². The van der Waals surface area contributed by atoms with Crippen molar-refractivity contribution < 1.29 is 9.47 Å². The topological polar surface area (TPSA) is 49.3 Å². The number of likely N-dealkylation sites (tertiary alicyclic amines) is 2. The number of ether oxygens (including phenoxy) is 2. The van der Waals surface area contributed by atoms with E-state index in [-0.39, 0.29) is 24.0 Å². The summed E-state index contributed by atoms with van der Waals surface area (Å²) < 4.78 is 11.3. The van der Waals surface area contributed by atoms with Gasteiger partial charge in [-0.1, -0.05) is 0 Å². The minimum Gasteiger partial charge on any atom is -0.377 e. The van der Waals surface area contributed by atoms with Crippen LogP contribution in [0.5, 0.6) is 0 Å². The van der Waals surface area contributed by atoms with Crippen LogP contribution in [0.4, 0.5) is 0 Å². The molecule has 25 heavy (non-hydrogen) atoms. The third-order valence-corrected chi connectivity index (χ3v) is 5.28. The molecule has 2 atom stereocenters. The predicted molar refractivity (Wildman–Crippen MR) is 112 cm³/mol. The Morgan fingerprint density at radius 1 is 1.20 bits per heavy atom. The molecule has 0 saturated carbocycles. The number of rotatable bonds is 7. The fourth-order valence-corrected chi connectivity index (χ4v) is 3.97. The first-order valence-electron chi connectivity index (χ1n) is 9.83. The van der Waals surface area contributed by atoms with Gasteiger partial charge in [0.2, 0.25) is 0 Å². The van der Waals surface area contributed by atoms with Gasteiger partial charge < -0.3 is 19.7 Å². The van der Waals surface area contributed by atoms with E-state index < -0.39 is 0 Å². The van der Waals surface area contributed by atoms with Crippen LogP contribution in [-0.2, 0) is 9.47 Å². The highest BCUT2D eigenvalue weighted by molar-refractivity contribution is 14.0. The van der Waals surface area contributed by atoms with Gasteiger partial charge in [-0.2, -0.15) is 0 Å². The van der Waals surface area contributed by atoms with Crippen molar-refractivity contribution >= 4 is 29.9 Å². The molecule has 0 aromatic carbocycles. The van der Waals surface area contributed by atoms with E-state index in [1.807, 2.05) is 0 Å². The van der Waals surface area contributed by atoms with Gasteiger partial charge in [-0.3, -0.25) is 9.89 Å². The largest absolute Gasteiger partial charge is 0.377 e. The number of nitrogens with zero attached hydrogens (tertiary/aromatic N) is 3. The lowest BCUT2D eigenvalue weighted by Gasteiger charge is -2.25. The van der Waals surface area contributed by atoms with Gasteiger partial charge in [-0.15, -0.1) is 24.0 Å². The molecule has 3 saturated heterocycles. The molecule has 3 aliphatic heterocycles. The molecule has 0 radical (unpaired) electrons. The van der Waals surface area contributed by atoms with E-state index in [1.54, 1.807) is 0 Å². The van der Waals surface area contributed by atoms with Gasteiger partial charge in [-0.25, -0.2) is 0 Å². The molecule has 6 nitrogen and oxygen atoms in total. The lowest BCUT2D eigenvalue weighted by atomic mass is 10.2. The number of nitrogens with one attached hydrogen (secondary N) is 1. The molecule has 3 aliphatic rings. The quantitative estimate of drug-likeness (QED) is 0.269. The second-order valence-electron chi connectivity index (χ2n) is 7.08. The van der Waals surface area contributed by atoms with Crippen LogP contribution in [0, 0.1) is 0 Å². The minimum absolute atomic E-state index is 0. The predicted octanol–water partition coefficient (Wildman–Crippen LogP) is 1.94.